The first-order chi connectivity index (χ1) is 18.4. The summed E-state index contributed by atoms with van der Waals surface area (Å²) in [5.74, 6) is -1.17. The summed E-state index contributed by atoms with van der Waals surface area (Å²) in [7, 11) is 0. The molecule has 0 amide bonds. The second-order valence-corrected chi connectivity index (χ2v) is 11.8. The molecule has 1 N–H and O–H groups in total. The molecule has 0 saturated heterocycles. The number of hydrogen-bond acceptors (Lipinski definition) is 2. The zero-order valence-corrected chi connectivity index (χ0v) is 22.0. The first-order valence-electron chi connectivity index (χ1n) is 13.4. The van der Waals surface area contributed by atoms with E-state index >= 15 is 4.39 Å². The number of carbonyl (C=O) groups is 1. The number of aryl methyl sites for hydroxylation is 1. The maximum atomic E-state index is 15.4. The third-order valence-corrected chi connectivity index (χ3v) is 9.03. The van der Waals surface area contributed by atoms with E-state index in [1.165, 1.54) is 18.2 Å². The van der Waals surface area contributed by atoms with Crippen LogP contribution in [0.5, 0.6) is 5.75 Å². The summed E-state index contributed by atoms with van der Waals surface area (Å²) in [6.45, 7) is 5.82. The minimum Gasteiger partial charge on any atom is -0.489 e. The van der Waals surface area contributed by atoms with E-state index in [1.54, 1.807) is 12.1 Å². The molecule has 0 bridgehead atoms. The largest absolute Gasteiger partial charge is 0.489 e. The van der Waals surface area contributed by atoms with Crippen LogP contribution in [0.3, 0.4) is 0 Å². The van der Waals surface area contributed by atoms with E-state index in [-0.39, 0.29) is 29.9 Å². The fourth-order valence-electron chi connectivity index (χ4n) is 7.07. The van der Waals surface area contributed by atoms with Gasteiger partial charge in [0.25, 0.3) is 0 Å². The Hall–Kier alpha value is -3.35. The van der Waals surface area contributed by atoms with Crippen LogP contribution in [0.4, 0.5) is 17.6 Å². The molecule has 204 valence electrons. The molecule has 0 spiro atoms. The number of alkyl halides is 3. The molecule has 3 aliphatic rings. The molecule has 4 unspecified atom stereocenters. The van der Waals surface area contributed by atoms with Gasteiger partial charge in [0.15, 0.2) is 0 Å². The number of halogens is 4. The molecule has 4 atom stereocenters. The van der Waals surface area contributed by atoms with Crippen LogP contribution >= 0.6 is 0 Å². The molecule has 3 aromatic rings. The van der Waals surface area contributed by atoms with Gasteiger partial charge in [-0.3, -0.25) is 4.79 Å². The Morgan fingerprint density at radius 1 is 1.05 bits per heavy atom. The van der Waals surface area contributed by atoms with Gasteiger partial charge in [-0.05, 0) is 88.2 Å². The van der Waals surface area contributed by atoms with Crippen molar-refractivity contribution in [2.45, 2.75) is 70.1 Å². The quantitative estimate of drug-likeness (QED) is 0.326. The molecule has 3 aliphatic carbocycles. The third-order valence-electron chi connectivity index (χ3n) is 9.03. The lowest BCUT2D eigenvalue weighted by Crippen LogP contribution is -2.14. The molecular formula is C32H30F4O3. The van der Waals surface area contributed by atoms with E-state index in [0.29, 0.717) is 36.1 Å². The predicted octanol–water partition coefficient (Wildman–Crippen LogP) is 7.77. The Kier molecular flexibility index (Phi) is 5.87. The first kappa shape index (κ1) is 25.9. The summed E-state index contributed by atoms with van der Waals surface area (Å²) in [5.41, 5.74) is 3.90. The van der Waals surface area contributed by atoms with Crippen molar-refractivity contribution in [2.24, 2.45) is 11.8 Å². The second-order valence-electron chi connectivity index (χ2n) is 11.8. The molecule has 0 aromatic heterocycles. The molecule has 3 nitrogen and oxygen atoms in total. The molecule has 1 fully saturated rings. The summed E-state index contributed by atoms with van der Waals surface area (Å²) < 4.78 is 63.1. The standard InChI is InChI=1S/C32H30F4O3/c1-4-16-9-20-17(10-22-28(20)29(22)30(37)38)12-27(16)39-15-18-11-21-23(14-31(2,3)25(21)13-26(18)33)19-7-5-6-8-24(19)32(34,35)36/h5-9,11-13,22-23,28-29H,4,10,14-15H2,1-3H3,(H,37,38). The van der Waals surface area contributed by atoms with Crippen LogP contribution in [-0.2, 0) is 35.8 Å². The van der Waals surface area contributed by atoms with Gasteiger partial charge in [-0.25, -0.2) is 4.39 Å². The van der Waals surface area contributed by atoms with Crippen molar-refractivity contribution in [1.29, 1.82) is 0 Å². The van der Waals surface area contributed by atoms with E-state index in [0.717, 1.165) is 28.3 Å². The number of hydrogen-bond donors (Lipinski definition) is 1. The van der Waals surface area contributed by atoms with E-state index in [9.17, 15) is 23.1 Å². The monoisotopic (exact) mass is 538 g/mol. The van der Waals surface area contributed by atoms with Crippen molar-refractivity contribution < 1.29 is 32.2 Å². The van der Waals surface area contributed by atoms with Gasteiger partial charge < -0.3 is 9.84 Å². The SMILES string of the molecule is CCc1cc2c(cc1OCc1cc3c(cc1F)C(C)(C)CC3c1ccccc1C(F)(F)F)CC1C(C(=O)O)C21. The van der Waals surface area contributed by atoms with Gasteiger partial charge in [-0.15, -0.1) is 0 Å². The number of benzene rings is 3. The zero-order chi connectivity index (χ0) is 27.9. The fraction of sp³-hybridized carbons (Fsp3) is 0.406. The lowest BCUT2D eigenvalue weighted by Gasteiger charge is -2.21. The highest BCUT2D eigenvalue weighted by atomic mass is 19.4. The van der Waals surface area contributed by atoms with Crippen molar-refractivity contribution in [3.8, 4) is 5.75 Å². The number of rotatable bonds is 6. The highest BCUT2D eigenvalue weighted by Crippen LogP contribution is 2.62. The Balaban J connectivity index is 1.31. The summed E-state index contributed by atoms with van der Waals surface area (Å²) in [4.78, 5) is 11.5. The van der Waals surface area contributed by atoms with Gasteiger partial charge in [0.1, 0.15) is 18.2 Å². The van der Waals surface area contributed by atoms with Crippen molar-refractivity contribution in [3.63, 3.8) is 0 Å². The lowest BCUT2D eigenvalue weighted by atomic mass is 9.84. The number of carboxylic acids is 1. The van der Waals surface area contributed by atoms with Crippen molar-refractivity contribution in [1.82, 2.24) is 0 Å². The third kappa shape index (κ3) is 4.21. The van der Waals surface area contributed by atoms with Gasteiger partial charge in [-0.1, -0.05) is 45.0 Å². The molecule has 0 radical (unpaired) electrons. The molecular weight excluding hydrogens is 508 g/mol. The minimum atomic E-state index is -4.48. The Labute approximate surface area is 224 Å². The van der Waals surface area contributed by atoms with Crippen LogP contribution in [0.1, 0.15) is 83.5 Å². The summed E-state index contributed by atoms with van der Waals surface area (Å²) >= 11 is 0. The average molecular weight is 539 g/mol. The van der Waals surface area contributed by atoms with Crippen molar-refractivity contribution in [2.75, 3.05) is 0 Å². The zero-order valence-electron chi connectivity index (χ0n) is 22.0. The number of fused-ring (bicyclic) bond motifs is 4. The van der Waals surface area contributed by atoms with Crippen LogP contribution in [0.2, 0.25) is 0 Å². The van der Waals surface area contributed by atoms with Crippen LogP contribution in [0.15, 0.2) is 48.5 Å². The van der Waals surface area contributed by atoms with Gasteiger partial charge in [0.05, 0.1) is 11.5 Å². The van der Waals surface area contributed by atoms with Crippen LogP contribution in [-0.4, -0.2) is 11.1 Å². The second kappa shape index (κ2) is 8.83. The van der Waals surface area contributed by atoms with Crippen LogP contribution < -0.4 is 4.74 Å². The summed E-state index contributed by atoms with van der Waals surface area (Å²) in [6, 6.07) is 12.8. The number of ether oxygens (including phenoxy) is 1. The topological polar surface area (TPSA) is 46.5 Å². The number of carboxylic acid groups (broad SMARTS) is 1. The van der Waals surface area contributed by atoms with E-state index in [4.69, 9.17) is 4.74 Å². The molecule has 6 rings (SSSR count). The maximum absolute atomic E-state index is 15.4. The van der Waals surface area contributed by atoms with E-state index < -0.39 is 34.9 Å². The lowest BCUT2D eigenvalue weighted by molar-refractivity contribution is -0.139. The molecule has 39 heavy (non-hydrogen) atoms. The van der Waals surface area contributed by atoms with Gasteiger partial charge in [0, 0.05) is 17.4 Å². The molecule has 0 aliphatic heterocycles. The Morgan fingerprint density at radius 2 is 1.77 bits per heavy atom. The molecule has 7 heteroatoms. The van der Waals surface area contributed by atoms with Gasteiger partial charge in [0.2, 0.25) is 0 Å². The molecule has 3 aromatic carbocycles. The maximum Gasteiger partial charge on any atom is 0.416 e. The van der Waals surface area contributed by atoms with Gasteiger partial charge in [-0.2, -0.15) is 13.2 Å². The normalized spacial score (nSPS) is 24.2. The summed E-state index contributed by atoms with van der Waals surface area (Å²) in [6.07, 6.45) is -2.66. The highest BCUT2D eigenvalue weighted by molar-refractivity contribution is 5.78. The smallest absolute Gasteiger partial charge is 0.416 e. The van der Waals surface area contributed by atoms with Crippen LogP contribution in [0.25, 0.3) is 0 Å². The Bertz CT molecular complexity index is 1490. The molecule has 1 saturated carbocycles. The summed E-state index contributed by atoms with van der Waals surface area (Å²) in [5, 5.41) is 9.43. The fourth-order valence-corrected chi connectivity index (χ4v) is 7.07. The minimum absolute atomic E-state index is 0.0520. The predicted molar refractivity (Wildman–Crippen MR) is 139 cm³/mol. The highest BCUT2D eigenvalue weighted by Gasteiger charge is 2.59. The van der Waals surface area contributed by atoms with Crippen LogP contribution in [0, 0.1) is 17.7 Å². The molecule has 0 heterocycles. The van der Waals surface area contributed by atoms with Crippen molar-refractivity contribution >= 4 is 5.97 Å². The van der Waals surface area contributed by atoms with Crippen molar-refractivity contribution in [3.05, 3.63) is 98.9 Å². The first-order valence-corrected chi connectivity index (χ1v) is 13.4. The van der Waals surface area contributed by atoms with Gasteiger partial charge >= 0.3 is 12.1 Å². The van der Waals surface area contributed by atoms with E-state index in [1.807, 2.05) is 32.9 Å². The van der Waals surface area contributed by atoms with E-state index in [2.05, 4.69) is 0 Å². The average Bonchev–Trinajstić information content (AvgIpc) is 3.39. The Morgan fingerprint density at radius 3 is 2.46 bits per heavy atom. The number of aliphatic carboxylic acids is 1.